The van der Waals surface area contributed by atoms with Crippen LogP contribution in [0.3, 0.4) is 0 Å². The van der Waals surface area contributed by atoms with Crippen LogP contribution < -0.4 is 10.2 Å². The number of carboxylic acids is 2. The van der Waals surface area contributed by atoms with Gasteiger partial charge in [-0.2, -0.15) is 0 Å². The second-order valence-corrected chi connectivity index (χ2v) is 7.79. The molecule has 0 radical (unpaired) electrons. The van der Waals surface area contributed by atoms with Crippen molar-refractivity contribution in [2.24, 2.45) is 7.05 Å². The number of aryl methyl sites for hydroxylation is 1. The van der Waals surface area contributed by atoms with E-state index in [0.717, 1.165) is 62.6 Å². The number of carboxylic acid groups (broad SMARTS) is 2. The standard InChI is InChI=1S/C16H24N8O2.C4H4O4/c1-22-15-14(20-21-22)16(19-11-18-15)24-6-4-23(5-7-24)10-13(25)17-9-12-3-2-8-26-12;5-3(6)1-2-4(7)8/h11-12H,2-10H2,1H3,(H,17,25);1-2H,(H,5,6)(H,7,8)/b;2-1+. The van der Waals surface area contributed by atoms with E-state index in [9.17, 15) is 14.4 Å². The summed E-state index contributed by atoms with van der Waals surface area (Å²) in [6.45, 7) is 5.04. The van der Waals surface area contributed by atoms with Crippen LogP contribution in [0.4, 0.5) is 5.82 Å². The molecule has 2 aromatic heterocycles. The highest BCUT2D eigenvalue weighted by molar-refractivity contribution is 5.89. The van der Waals surface area contributed by atoms with Gasteiger partial charge < -0.3 is 25.2 Å². The van der Waals surface area contributed by atoms with Gasteiger partial charge in [0.25, 0.3) is 0 Å². The molecule has 14 heteroatoms. The molecule has 14 nitrogen and oxygen atoms in total. The number of ether oxygens (including phenoxy) is 1. The van der Waals surface area contributed by atoms with Gasteiger partial charge in [-0.25, -0.2) is 24.2 Å². The predicted molar refractivity (Wildman–Crippen MR) is 119 cm³/mol. The second-order valence-electron chi connectivity index (χ2n) is 7.79. The largest absolute Gasteiger partial charge is 0.478 e. The van der Waals surface area contributed by atoms with Crippen LogP contribution >= 0.6 is 0 Å². The molecule has 2 fully saturated rings. The first kappa shape index (κ1) is 25.0. The van der Waals surface area contributed by atoms with Gasteiger partial charge in [0.1, 0.15) is 6.33 Å². The maximum Gasteiger partial charge on any atom is 0.328 e. The van der Waals surface area contributed by atoms with Gasteiger partial charge in [0.2, 0.25) is 5.91 Å². The molecule has 0 aromatic carbocycles. The lowest BCUT2D eigenvalue weighted by atomic mass is 10.2. The molecule has 2 aliphatic rings. The van der Waals surface area contributed by atoms with Crippen molar-refractivity contribution < 1.29 is 29.3 Å². The predicted octanol–water partition coefficient (Wildman–Crippen LogP) is -1.11. The number of carbonyl (C=O) groups excluding carboxylic acids is 1. The maximum absolute atomic E-state index is 12.1. The Bertz CT molecular complexity index is 1010. The van der Waals surface area contributed by atoms with Gasteiger partial charge in [-0.1, -0.05) is 5.21 Å². The third kappa shape index (κ3) is 7.18. The van der Waals surface area contributed by atoms with E-state index in [-0.39, 0.29) is 12.0 Å². The molecule has 0 bridgehead atoms. The summed E-state index contributed by atoms with van der Waals surface area (Å²) in [4.78, 5) is 44.2. The molecule has 1 amide bonds. The Morgan fingerprint density at radius 1 is 1.15 bits per heavy atom. The molecule has 1 atom stereocenters. The molecular weight excluding hydrogens is 448 g/mol. The Morgan fingerprint density at radius 2 is 1.85 bits per heavy atom. The summed E-state index contributed by atoms with van der Waals surface area (Å²) in [7, 11) is 1.82. The van der Waals surface area contributed by atoms with Crippen molar-refractivity contribution in [3.63, 3.8) is 0 Å². The summed E-state index contributed by atoms with van der Waals surface area (Å²) >= 11 is 0. The third-order valence-electron chi connectivity index (χ3n) is 5.33. The number of piperazine rings is 1. The molecule has 0 spiro atoms. The number of aromatic nitrogens is 5. The van der Waals surface area contributed by atoms with Crippen LogP contribution in [-0.2, 0) is 26.2 Å². The van der Waals surface area contributed by atoms with E-state index in [1.165, 1.54) is 0 Å². The number of carbonyl (C=O) groups is 3. The molecule has 1 unspecified atom stereocenters. The molecule has 2 saturated heterocycles. The van der Waals surface area contributed by atoms with Gasteiger partial charge in [0.15, 0.2) is 17.0 Å². The van der Waals surface area contributed by atoms with Crippen molar-refractivity contribution in [1.29, 1.82) is 0 Å². The summed E-state index contributed by atoms with van der Waals surface area (Å²) in [6, 6.07) is 0. The summed E-state index contributed by atoms with van der Waals surface area (Å²) in [5, 5.41) is 26.8. The monoisotopic (exact) mass is 476 g/mol. The van der Waals surface area contributed by atoms with Gasteiger partial charge in [0.05, 0.1) is 12.6 Å². The number of hydrogen-bond donors (Lipinski definition) is 3. The first-order valence-electron chi connectivity index (χ1n) is 10.8. The molecule has 2 aromatic rings. The molecule has 184 valence electrons. The summed E-state index contributed by atoms with van der Waals surface area (Å²) < 4.78 is 7.18. The van der Waals surface area contributed by atoms with Gasteiger partial charge in [-0.3, -0.25) is 9.69 Å². The number of fused-ring (bicyclic) bond motifs is 1. The van der Waals surface area contributed by atoms with E-state index in [1.807, 2.05) is 7.05 Å². The van der Waals surface area contributed by atoms with Crippen LogP contribution in [0.2, 0.25) is 0 Å². The normalized spacial score (nSPS) is 18.6. The summed E-state index contributed by atoms with van der Waals surface area (Å²) in [6.07, 6.45) is 4.97. The minimum absolute atomic E-state index is 0.0623. The Kier molecular flexibility index (Phi) is 8.81. The topological polar surface area (TPSA) is 176 Å². The maximum atomic E-state index is 12.1. The number of aliphatic carboxylic acids is 2. The molecule has 0 aliphatic carbocycles. The fraction of sp³-hybridized carbons (Fsp3) is 0.550. The van der Waals surface area contributed by atoms with E-state index in [1.54, 1.807) is 11.0 Å². The molecule has 4 heterocycles. The summed E-state index contributed by atoms with van der Waals surface area (Å²) in [5.41, 5.74) is 1.45. The van der Waals surface area contributed by atoms with Crippen molar-refractivity contribution in [1.82, 2.24) is 35.2 Å². The zero-order valence-electron chi connectivity index (χ0n) is 18.8. The van der Waals surface area contributed by atoms with Crippen molar-refractivity contribution in [2.75, 3.05) is 50.8 Å². The minimum Gasteiger partial charge on any atom is -0.478 e. The number of amides is 1. The molecule has 2 aliphatic heterocycles. The molecule has 3 N–H and O–H groups in total. The number of nitrogens with one attached hydrogen (secondary N) is 1. The lowest BCUT2D eigenvalue weighted by molar-refractivity contribution is -0.134. The molecular formula is C20H28N8O6. The van der Waals surface area contributed by atoms with Crippen LogP contribution in [0.15, 0.2) is 18.5 Å². The highest BCUT2D eigenvalue weighted by Gasteiger charge is 2.23. The van der Waals surface area contributed by atoms with E-state index < -0.39 is 11.9 Å². The van der Waals surface area contributed by atoms with Crippen LogP contribution in [0.1, 0.15) is 12.8 Å². The Balaban J connectivity index is 0.000000350. The fourth-order valence-corrected chi connectivity index (χ4v) is 3.62. The average molecular weight is 476 g/mol. The van der Waals surface area contributed by atoms with E-state index in [2.05, 4.69) is 35.4 Å². The van der Waals surface area contributed by atoms with E-state index in [4.69, 9.17) is 14.9 Å². The van der Waals surface area contributed by atoms with Crippen molar-refractivity contribution >= 4 is 34.8 Å². The van der Waals surface area contributed by atoms with E-state index >= 15 is 0 Å². The highest BCUT2D eigenvalue weighted by atomic mass is 16.5. The molecule has 0 saturated carbocycles. The lowest BCUT2D eigenvalue weighted by Gasteiger charge is -2.34. The van der Waals surface area contributed by atoms with Crippen molar-refractivity contribution in [3.05, 3.63) is 18.5 Å². The SMILES string of the molecule is Cn1nnc2c(N3CCN(CC(=O)NCC4CCCO4)CC3)ncnc21.O=C(O)/C=C/C(=O)O. The van der Waals surface area contributed by atoms with E-state index in [0.29, 0.717) is 25.2 Å². The number of nitrogens with zero attached hydrogens (tertiary/aromatic N) is 7. The molecule has 34 heavy (non-hydrogen) atoms. The highest BCUT2D eigenvalue weighted by Crippen LogP contribution is 2.21. The lowest BCUT2D eigenvalue weighted by Crippen LogP contribution is -2.50. The Hall–Kier alpha value is -3.65. The number of rotatable bonds is 7. The Labute approximate surface area is 195 Å². The van der Waals surface area contributed by atoms with Gasteiger partial charge >= 0.3 is 11.9 Å². The zero-order chi connectivity index (χ0) is 24.5. The summed E-state index contributed by atoms with van der Waals surface area (Å²) in [5.74, 6) is -1.64. The van der Waals surface area contributed by atoms with Crippen molar-refractivity contribution in [3.8, 4) is 0 Å². The van der Waals surface area contributed by atoms with Gasteiger partial charge in [-0.05, 0) is 12.8 Å². The van der Waals surface area contributed by atoms with Gasteiger partial charge in [0, 0.05) is 58.5 Å². The van der Waals surface area contributed by atoms with Gasteiger partial charge in [-0.15, -0.1) is 5.10 Å². The zero-order valence-corrected chi connectivity index (χ0v) is 18.8. The van der Waals surface area contributed by atoms with Crippen LogP contribution in [0.25, 0.3) is 11.2 Å². The smallest absolute Gasteiger partial charge is 0.328 e. The minimum atomic E-state index is -1.26. The third-order valence-corrected chi connectivity index (χ3v) is 5.33. The number of hydrogen-bond acceptors (Lipinski definition) is 10. The van der Waals surface area contributed by atoms with Crippen LogP contribution in [0, 0.1) is 0 Å². The fourth-order valence-electron chi connectivity index (χ4n) is 3.62. The molecule has 4 rings (SSSR count). The first-order chi connectivity index (χ1) is 16.3. The average Bonchev–Trinajstić information content (AvgIpc) is 3.47. The van der Waals surface area contributed by atoms with Crippen LogP contribution in [0.5, 0.6) is 0 Å². The number of anilines is 1. The Morgan fingerprint density at radius 3 is 2.47 bits per heavy atom. The quantitative estimate of drug-likeness (QED) is 0.411. The first-order valence-corrected chi connectivity index (χ1v) is 10.8. The second kappa shape index (κ2) is 12.0. The van der Waals surface area contributed by atoms with Crippen molar-refractivity contribution in [2.45, 2.75) is 18.9 Å². The van der Waals surface area contributed by atoms with Crippen LogP contribution in [-0.4, -0.2) is 110 Å².